The molecule has 0 bridgehead atoms. The number of hydrogen-bond acceptors (Lipinski definition) is 3. The van der Waals surface area contributed by atoms with Gasteiger partial charge < -0.3 is 4.90 Å². The Bertz CT molecular complexity index is 487. The van der Waals surface area contributed by atoms with Crippen molar-refractivity contribution in [3.63, 3.8) is 0 Å². The smallest absolute Gasteiger partial charge is 0.0199 e. The molecule has 0 radical (unpaired) electrons. The third-order valence-corrected chi connectivity index (χ3v) is 4.82. The summed E-state index contributed by atoms with van der Waals surface area (Å²) < 4.78 is 0. The predicted octanol–water partition coefficient (Wildman–Crippen LogP) is 4.34. The van der Waals surface area contributed by atoms with E-state index in [9.17, 15) is 0 Å². The molecule has 0 N–H and O–H groups in total. The minimum Gasteiger partial charge on any atom is -0.302 e. The predicted molar refractivity (Wildman–Crippen MR) is 81.4 cm³/mol. The van der Waals surface area contributed by atoms with Crippen LogP contribution < -0.4 is 0 Å². The molecule has 0 unspecified atom stereocenters. The molecular weight excluding hydrogens is 258 g/mol. The molecule has 0 saturated carbocycles. The van der Waals surface area contributed by atoms with E-state index < -0.39 is 0 Å². The van der Waals surface area contributed by atoms with E-state index in [4.69, 9.17) is 0 Å². The van der Waals surface area contributed by atoms with Gasteiger partial charge in [0.15, 0.2) is 0 Å². The van der Waals surface area contributed by atoms with Crippen LogP contribution in [0.2, 0.25) is 0 Å². The van der Waals surface area contributed by atoms with E-state index in [2.05, 4.69) is 45.6 Å². The maximum absolute atomic E-state index is 2.43. The van der Waals surface area contributed by atoms with Gasteiger partial charge in [-0.2, -0.15) is 22.7 Å². The first-order chi connectivity index (χ1) is 8.84. The molecule has 0 amide bonds. The Morgan fingerprint density at radius 3 is 2.28 bits per heavy atom. The molecule has 2 aromatic heterocycles. The van der Waals surface area contributed by atoms with E-state index in [1.807, 2.05) is 0 Å². The molecule has 0 spiro atoms. The molecule has 1 fully saturated rings. The summed E-state index contributed by atoms with van der Waals surface area (Å²) >= 11 is 3.57. The number of hydrogen-bond donors (Lipinski definition) is 0. The summed E-state index contributed by atoms with van der Waals surface area (Å²) in [6.45, 7) is 2.34. The van der Waals surface area contributed by atoms with Crippen LogP contribution in [0.3, 0.4) is 0 Å². The summed E-state index contributed by atoms with van der Waals surface area (Å²) in [5, 5.41) is 8.90. The molecule has 3 heteroatoms. The molecule has 2 aromatic rings. The molecule has 94 valence electrons. The van der Waals surface area contributed by atoms with Crippen LogP contribution in [0.25, 0.3) is 5.57 Å². The Hall–Kier alpha value is -0.900. The fourth-order valence-corrected chi connectivity index (χ4v) is 3.93. The van der Waals surface area contributed by atoms with E-state index in [1.165, 1.54) is 36.1 Å². The maximum atomic E-state index is 2.43. The molecule has 0 atom stereocenters. The van der Waals surface area contributed by atoms with Gasteiger partial charge in [0, 0.05) is 6.54 Å². The SMILES string of the molecule is CN1CCCC(=C(c2ccsc2)c2ccsc2)C1. The highest BCUT2D eigenvalue weighted by molar-refractivity contribution is 7.08. The van der Waals surface area contributed by atoms with Gasteiger partial charge in [-0.3, -0.25) is 0 Å². The normalized spacial score (nSPS) is 17.1. The van der Waals surface area contributed by atoms with Crippen LogP contribution in [0.15, 0.2) is 39.2 Å². The Kier molecular flexibility index (Phi) is 3.64. The van der Waals surface area contributed by atoms with Crippen molar-refractivity contribution in [1.82, 2.24) is 4.90 Å². The van der Waals surface area contributed by atoms with Crippen molar-refractivity contribution in [3.8, 4) is 0 Å². The molecule has 1 saturated heterocycles. The van der Waals surface area contributed by atoms with Crippen LogP contribution in [0.5, 0.6) is 0 Å². The zero-order valence-electron chi connectivity index (χ0n) is 10.6. The van der Waals surface area contributed by atoms with Crippen LogP contribution in [0, 0.1) is 0 Å². The lowest BCUT2D eigenvalue weighted by molar-refractivity contribution is 0.323. The zero-order chi connectivity index (χ0) is 12.4. The standard InChI is InChI=1S/C15H17NS2/c1-16-6-2-3-12(9-16)15(13-4-7-17-10-13)14-5-8-18-11-14/h4-5,7-8,10-11H,2-3,6,9H2,1H3. The number of nitrogens with zero attached hydrogens (tertiary/aromatic N) is 1. The first-order valence-electron chi connectivity index (χ1n) is 6.30. The lowest BCUT2D eigenvalue weighted by Gasteiger charge is -2.27. The Balaban J connectivity index is 2.07. The molecule has 1 nitrogen and oxygen atoms in total. The molecule has 3 heterocycles. The molecule has 0 aliphatic carbocycles. The summed E-state index contributed by atoms with van der Waals surface area (Å²) in [7, 11) is 2.22. The fourth-order valence-electron chi connectivity index (χ4n) is 2.64. The lowest BCUT2D eigenvalue weighted by Crippen LogP contribution is -2.27. The summed E-state index contributed by atoms with van der Waals surface area (Å²) in [5.74, 6) is 0. The maximum Gasteiger partial charge on any atom is 0.0199 e. The van der Waals surface area contributed by atoms with Crippen LogP contribution in [-0.4, -0.2) is 25.0 Å². The van der Waals surface area contributed by atoms with Gasteiger partial charge >= 0.3 is 0 Å². The molecular formula is C15H17NS2. The highest BCUT2D eigenvalue weighted by Gasteiger charge is 2.17. The highest BCUT2D eigenvalue weighted by atomic mass is 32.1. The van der Waals surface area contributed by atoms with Crippen molar-refractivity contribution in [2.24, 2.45) is 0 Å². The van der Waals surface area contributed by atoms with E-state index in [1.54, 1.807) is 28.2 Å². The highest BCUT2D eigenvalue weighted by Crippen LogP contribution is 2.33. The van der Waals surface area contributed by atoms with Crippen molar-refractivity contribution in [1.29, 1.82) is 0 Å². The summed E-state index contributed by atoms with van der Waals surface area (Å²) in [4.78, 5) is 2.43. The monoisotopic (exact) mass is 275 g/mol. The van der Waals surface area contributed by atoms with Crippen molar-refractivity contribution in [2.45, 2.75) is 12.8 Å². The molecule has 1 aliphatic heterocycles. The van der Waals surface area contributed by atoms with Gasteiger partial charge in [0.1, 0.15) is 0 Å². The Morgan fingerprint density at radius 1 is 1.11 bits per heavy atom. The summed E-state index contributed by atoms with van der Waals surface area (Å²) in [6.07, 6.45) is 2.52. The zero-order valence-corrected chi connectivity index (χ0v) is 12.2. The number of rotatable bonds is 2. The van der Waals surface area contributed by atoms with Gasteiger partial charge in [0.25, 0.3) is 0 Å². The van der Waals surface area contributed by atoms with E-state index >= 15 is 0 Å². The van der Waals surface area contributed by atoms with E-state index in [0.717, 1.165) is 6.54 Å². The fraction of sp³-hybridized carbons (Fsp3) is 0.333. The second-order valence-electron chi connectivity index (χ2n) is 4.84. The number of likely N-dealkylation sites (N-methyl/N-ethyl adjacent to an activating group) is 1. The van der Waals surface area contributed by atoms with Crippen LogP contribution in [0.1, 0.15) is 24.0 Å². The van der Waals surface area contributed by atoms with Gasteiger partial charge in [-0.25, -0.2) is 0 Å². The van der Waals surface area contributed by atoms with Gasteiger partial charge in [-0.05, 0) is 82.4 Å². The minimum absolute atomic E-state index is 1.11. The molecule has 0 aromatic carbocycles. The van der Waals surface area contributed by atoms with Gasteiger partial charge in [0.05, 0.1) is 0 Å². The summed E-state index contributed by atoms with van der Waals surface area (Å²) in [5.41, 5.74) is 5.86. The van der Waals surface area contributed by atoms with Gasteiger partial charge in [0.2, 0.25) is 0 Å². The first-order valence-corrected chi connectivity index (χ1v) is 8.19. The van der Waals surface area contributed by atoms with Crippen molar-refractivity contribution in [2.75, 3.05) is 20.1 Å². The van der Waals surface area contributed by atoms with Crippen LogP contribution in [0.4, 0.5) is 0 Å². The Morgan fingerprint density at radius 2 is 1.78 bits per heavy atom. The third-order valence-electron chi connectivity index (χ3n) is 3.45. The van der Waals surface area contributed by atoms with E-state index in [-0.39, 0.29) is 0 Å². The van der Waals surface area contributed by atoms with E-state index in [0.29, 0.717) is 0 Å². The molecule has 1 aliphatic rings. The lowest BCUT2D eigenvalue weighted by atomic mass is 9.92. The quantitative estimate of drug-likeness (QED) is 0.788. The van der Waals surface area contributed by atoms with Gasteiger partial charge in [-0.1, -0.05) is 0 Å². The van der Waals surface area contributed by atoms with Crippen LogP contribution in [-0.2, 0) is 0 Å². The third kappa shape index (κ3) is 2.44. The van der Waals surface area contributed by atoms with Gasteiger partial charge in [-0.15, -0.1) is 0 Å². The topological polar surface area (TPSA) is 3.24 Å². The van der Waals surface area contributed by atoms with Crippen molar-refractivity contribution in [3.05, 3.63) is 50.4 Å². The average Bonchev–Trinajstić information content (AvgIpc) is 3.02. The second kappa shape index (κ2) is 5.39. The van der Waals surface area contributed by atoms with Crippen LogP contribution >= 0.6 is 22.7 Å². The minimum atomic E-state index is 1.11. The molecule has 3 rings (SSSR count). The largest absolute Gasteiger partial charge is 0.302 e. The Labute approximate surface area is 116 Å². The number of thiophene rings is 2. The second-order valence-corrected chi connectivity index (χ2v) is 6.40. The van der Waals surface area contributed by atoms with Crippen molar-refractivity contribution >= 4 is 28.2 Å². The molecule has 18 heavy (non-hydrogen) atoms. The summed E-state index contributed by atoms with van der Waals surface area (Å²) in [6, 6.07) is 4.50. The first kappa shape index (κ1) is 12.2. The average molecular weight is 275 g/mol. The number of piperidine rings is 1. The number of likely N-dealkylation sites (tertiary alicyclic amines) is 1. The van der Waals surface area contributed by atoms with Crippen molar-refractivity contribution < 1.29 is 0 Å².